The maximum atomic E-state index is 12.1. The van der Waals surface area contributed by atoms with Crippen LogP contribution in [0.25, 0.3) is 0 Å². The summed E-state index contributed by atoms with van der Waals surface area (Å²) in [6, 6.07) is -0.882. The lowest BCUT2D eigenvalue weighted by atomic mass is 9.89. The molecule has 2 N–H and O–H groups in total. The van der Waals surface area contributed by atoms with Crippen molar-refractivity contribution in [2.75, 3.05) is 13.1 Å². The molecule has 5 nitrogen and oxygen atoms in total. The SMILES string of the molecule is CCCCCCNC(=O)N1CCC(CC)CC1C(=O)O. The Morgan fingerprint density at radius 1 is 1.25 bits per heavy atom. The van der Waals surface area contributed by atoms with Crippen LogP contribution in [0, 0.1) is 5.92 Å². The van der Waals surface area contributed by atoms with E-state index in [0.29, 0.717) is 25.4 Å². The Hall–Kier alpha value is -1.26. The number of urea groups is 1. The summed E-state index contributed by atoms with van der Waals surface area (Å²) in [6.07, 6.45) is 6.88. The Bertz CT molecular complexity index is 320. The van der Waals surface area contributed by atoms with E-state index in [1.807, 2.05) is 0 Å². The minimum absolute atomic E-state index is 0.219. The normalized spacial score (nSPS) is 22.6. The van der Waals surface area contributed by atoms with Crippen LogP contribution in [-0.2, 0) is 4.79 Å². The highest BCUT2D eigenvalue weighted by atomic mass is 16.4. The van der Waals surface area contributed by atoms with Crippen molar-refractivity contribution in [3.05, 3.63) is 0 Å². The molecule has 20 heavy (non-hydrogen) atoms. The zero-order valence-corrected chi connectivity index (χ0v) is 12.7. The van der Waals surface area contributed by atoms with E-state index in [-0.39, 0.29) is 6.03 Å². The molecule has 0 aliphatic carbocycles. The summed E-state index contributed by atoms with van der Waals surface area (Å²) < 4.78 is 0. The van der Waals surface area contributed by atoms with E-state index >= 15 is 0 Å². The number of piperidine rings is 1. The number of carboxylic acids is 1. The molecule has 1 aliphatic rings. The van der Waals surface area contributed by atoms with Gasteiger partial charge in [-0.1, -0.05) is 39.5 Å². The Kier molecular flexibility index (Phi) is 7.41. The third-order valence-electron chi connectivity index (χ3n) is 4.14. The lowest BCUT2D eigenvalue weighted by Gasteiger charge is -2.36. The third kappa shape index (κ3) is 5.02. The number of amides is 2. The van der Waals surface area contributed by atoms with Gasteiger partial charge in [0, 0.05) is 13.1 Å². The molecule has 0 bridgehead atoms. The fourth-order valence-electron chi connectivity index (χ4n) is 2.73. The number of hydrogen-bond acceptors (Lipinski definition) is 2. The second-order valence-electron chi connectivity index (χ2n) is 5.64. The molecule has 2 amide bonds. The van der Waals surface area contributed by atoms with Gasteiger partial charge in [-0.2, -0.15) is 0 Å². The molecule has 1 fully saturated rings. The van der Waals surface area contributed by atoms with Crippen molar-refractivity contribution in [3.8, 4) is 0 Å². The van der Waals surface area contributed by atoms with Gasteiger partial charge in [-0.05, 0) is 25.2 Å². The highest BCUT2D eigenvalue weighted by Gasteiger charge is 2.35. The van der Waals surface area contributed by atoms with E-state index < -0.39 is 12.0 Å². The molecule has 2 unspecified atom stereocenters. The van der Waals surface area contributed by atoms with E-state index in [1.165, 1.54) is 17.7 Å². The van der Waals surface area contributed by atoms with Crippen molar-refractivity contribution in [2.24, 2.45) is 5.92 Å². The Labute approximate surface area is 121 Å². The van der Waals surface area contributed by atoms with Crippen molar-refractivity contribution >= 4 is 12.0 Å². The average Bonchev–Trinajstić information content (AvgIpc) is 2.46. The van der Waals surface area contributed by atoms with Gasteiger partial charge >= 0.3 is 12.0 Å². The highest BCUT2D eigenvalue weighted by molar-refractivity contribution is 5.82. The summed E-state index contributed by atoms with van der Waals surface area (Å²) in [6.45, 7) is 5.41. The van der Waals surface area contributed by atoms with Crippen LogP contribution in [-0.4, -0.2) is 41.1 Å². The van der Waals surface area contributed by atoms with Gasteiger partial charge in [-0.3, -0.25) is 0 Å². The minimum atomic E-state index is -0.885. The number of carbonyl (C=O) groups is 2. The molecule has 0 spiro atoms. The molecule has 0 aromatic carbocycles. The maximum Gasteiger partial charge on any atom is 0.326 e. The van der Waals surface area contributed by atoms with Gasteiger partial charge in [0.1, 0.15) is 6.04 Å². The summed E-state index contributed by atoms with van der Waals surface area (Å²) in [4.78, 5) is 24.9. The van der Waals surface area contributed by atoms with Crippen LogP contribution < -0.4 is 5.32 Å². The summed E-state index contributed by atoms with van der Waals surface area (Å²) in [5.41, 5.74) is 0. The molecular formula is C15H28N2O3. The second kappa shape index (κ2) is 8.82. The fraction of sp³-hybridized carbons (Fsp3) is 0.867. The van der Waals surface area contributed by atoms with Gasteiger partial charge in [-0.25, -0.2) is 9.59 Å². The molecule has 0 aromatic heterocycles. The Morgan fingerprint density at radius 3 is 2.60 bits per heavy atom. The van der Waals surface area contributed by atoms with Gasteiger partial charge in [0.15, 0.2) is 0 Å². The Morgan fingerprint density at radius 2 is 2.00 bits per heavy atom. The van der Waals surface area contributed by atoms with Crippen molar-refractivity contribution in [2.45, 2.75) is 64.8 Å². The second-order valence-corrected chi connectivity index (χ2v) is 5.64. The first kappa shape index (κ1) is 16.8. The van der Waals surface area contributed by atoms with Crippen LogP contribution in [0.15, 0.2) is 0 Å². The predicted octanol–water partition coefficient (Wildman–Crippen LogP) is 2.85. The van der Waals surface area contributed by atoms with Crippen molar-refractivity contribution < 1.29 is 14.7 Å². The molecule has 0 saturated carbocycles. The van der Waals surface area contributed by atoms with Gasteiger partial charge in [0.25, 0.3) is 0 Å². The molecule has 2 atom stereocenters. The van der Waals surface area contributed by atoms with Crippen LogP contribution in [0.2, 0.25) is 0 Å². The first-order valence-electron chi connectivity index (χ1n) is 7.87. The molecule has 116 valence electrons. The molecular weight excluding hydrogens is 256 g/mol. The molecule has 1 saturated heterocycles. The molecule has 1 heterocycles. The standard InChI is InChI=1S/C15H28N2O3/c1-3-5-6-7-9-16-15(20)17-10-8-12(4-2)11-13(17)14(18)19/h12-13H,3-11H2,1-2H3,(H,16,20)(H,18,19). The summed E-state index contributed by atoms with van der Waals surface area (Å²) in [7, 11) is 0. The van der Waals surface area contributed by atoms with Crippen LogP contribution in [0.1, 0.15) is 58.8 Å². The number of nitrogens with zero attached hydrogens (tertiary/aromatic N) is 1. The largest absolute Gasteiger partial charge is 0.480 e. The van der Waals surface area contributed by atoms with Gasteiger partial charge in [0.05, 0.1) is 0 Å². The smallest absolute Gasteiger partial charge is 0.326 e. The van der Waals surface area contributed by atoms with Gasteiger partial charge < -0.3 is 15.3 Å². The molecule has 1 rings (SSSR count). The summed E-state index contributed by atoms with van der Waals surface area (Å²) in [5.74, 6) is -0.464. The quantitative estimate of drug-likeness (QED) is 0.706. The van der Waals surface area contributed by atoms with Crippen molar-refractivity contribution in [3.63, 3.8) is 0 Å². The number of aliphatic carboxylic acids is 1. The number of carbonyl (C=O) groups excluding carboxylic acids is 1. The fourth-order valence-corrected chi connectivity index (χ4v) is 2.73. The molecule has 1 aliphatic heterocycles. The number of hydrogen-bond donors (Lipinski definition) is 2. The minimum Gasteiger partial charge on any atom is -0.480 e. The Balaban J connectivity index is 2.42. The lowest BCUT2D eigenvalue weighted by molar-refractivity contribution is -0.144. The van der Waals surface area contributed by atoms with Crippen LogP contribution >= 0.6 is 0 Å². The molecule has 0 radical (unpaired) electrons. The number of carboxylic acid groups (broad SMARTS) is 1. The molecule has 0 aromatic rings. The number of unbranched alkanes of at least 4 members (excludes halogenated alkanes) is 3. The van der Waals surface area contributed by atoms with Crippen molar-refractivity contribution in [1.82, 2.24) is 10.2 Å². The third-order valence-corrected chi connectivity index (χ3v) is 4.14. The lowest BCUT2D eigenvalue weighted by Crippen LogP contribution is -2.53. The van der Waals surface area contributed by atoms with E-state index in [2.05, 4.69) is 19.2 Å². The van der Waals surface area contributed by atoms with E-state index in [9.17, 15) is 14.7 Å². The van der Waals surface area contributed by atoms with Gasteiger partial charge in [-0.15, -0.1) is 0 Å². The first-order valence-corrected chi connectivity index (χ1v) is 7.87. The van der Waals surface area contributed by atoms with E-state index in [0.717, 1.165) is 25.7 Å². The zero-order chi connectivity index (χ0) is 15.0. The zero-order valence-electron chi connectivity index (χ0n) is 12.7. The highest BCUT2D eigenvalue weighted by Crippen LogP contribution is 2.25. The summed E-state index contributed by atoms with van der Waals surface area (Å²) >= 11 is 0. The first-order chi connectivity index (χ1) is 9.60. The topological polar surface area (TPSA) is 69.6 Å². The van der Waals surface area contributed by atoms with E-state index in [1.54, 1.807) is 0 Å². The van der Waals surface area contributed by atoms with Gasteiger partial charge in [0.2, 0.25) is 0 Å². The number of nitrogens with one attached hydrogen (secondary N) is 1. The average molecular weight is 284 g/mol. The van der Waals surface area contributed by atoms with E-state index in [4.69, 9.17) is 0 Å². The van der Waals surface area contributed by atoms with Crippen LogP contribution in [0.4, 0.5) is 4.79 Å². The van der Waals surface area contributed by atoms with Crippen LogP contribution in [0.3, 0.4) is 0 Å². The predicted molar refractivity (Wildman–Crippen MR) is 78.7 cm³/mol. The summed E-state index contributed by atoms with van der Waals surface area (Å²) in [5, 5.41) is 12.1. The van der Waals surface area contributed by atoms with Crippen LogP contribution in [0.5, 0.6) is 0 Å². The number of likely N-dealkylation sites (tertiary alicyclic amines) is 1. The monoisotopic (exact) mass is 284 g/mol. The number of rotatable bonds is 7. The molecule has 5 heteroatoms. The van der Waals surface area contributed by atoms with Crippen molar-refractivity contribution in [1.29, 1.82) is 0 Å². The maximum absolute atomic E-state index is 12.1.